The van der Waals surface area contributed by atoms with Gasteiger partial charge in [-0.3, -0.25) is 4.79 Å². The molecule has 5 nitrogen and oxygen atoms in total. The average Bonchev–Trinajstić information content (AvgIpc) is 3.18. The third kappa shape index (κ3) is 5.21. The Kier molecular flexibility index (Phi) is 5.82. The predicted molar refractivity (Wildman–Crippen MR) is 95.9 cm³/mol. The van der Waals surface area contributed by atoms with Crippen LogP contribution in [0.15, 0.2) is 73.3 Å². The van der Waals surface area contributed by atoms with Crippen molar-refractivity contribution in [3.63, 3.8) is 0 Å². The van der Waals surface area contributed by atoms with Crippen molar-refractivity contribution in [3.05, 3.63) is 84.4 Å². The maximum atomic E-state index is 12.0. The molecule has 25 heavy (non-hydrogen) atoms. The summed E-state index contributed by atoms with van der Waals surface area (Å²) in [4.78, 5) is 16.0. The normalized spacial score (nSPS) is 10.4. The van der Waals surface area contributed by atoms with E-state index < -0.39 is 0 Å². The minimum Gasteiger partial charge on any atom is -0.489 e. The number of aromatic nitrogens is 2. The average molecular weight is 335 g/mol. The Labute approximate surface area is 147 Å². The lowest BCUT2D eigenvalue weighted by Crippen LogP contribution is -2.24. The van der Waals surface area contributed by atoms with Gasteiger partial charge in [0.05, 0.1) is 6.33 Å². The number of benzene rings is 2. The second-order valence-electron chi connectivity index (χ2n) is 5.70. The molecule has 0 bridgehead atoms. The minimum atomic E-state index is 0.0208. The highest BCUT2D eigenvalue weighted by Crippen LogP contribution is 2.14. The summed E-state index contributed by atoms with van der Waals surface area (Å²) in [5.74, 6) is 0.856. The quantitative estimate of drug-likeness (QED) is 0.688. The largest absolute Gasteiger partial charge is 0.489 e. The number of hydrogen-bond donors (Lipinski definition) is 1. The highest BCUT2D eigenvalue weighted by molar-refractivity contribution is 5.75. The van der Waals surface area contributed by atoms with Crippen LogP contribution >= 0.6 is 0 Å². The molecule has 0 radical (unpaired) electrons. The first-order chi connectivity index (χ1) is 12.3. The smallest absolute Gasteiger partial charge is 0.222 e. The van der Waals surface area contributed by atoms with Crippen LogP contribution in [-0.2, 0) is 24.5 Å². The summed E-state index contributed by atoms with van der Waals surface area (Å²) in [6.07, 6.45) is 5.70. The van der Waals surface area contributed by atoms with Crippen molar-refractivity contribution < 1.29 is 9.53 Å². The van der Waals surface area contributed by atoms with E-state index in [4.69, 9.17) is 4.74 Å². The molecule has 1 N–H and O–H groups in total. The Bertz CT molecular complexity index is 786. The summed E-state index contributed by atoms with van der Waals surface area (Å²) < 4.78 is 7.70. The number of para-hydroxylation sites is 1. The van der Waals surface area contributed by atoms with Crippen LogP contribution in [0.3, 0.4) is 0 Å². The third-order valence-corrected chi connectivity index (χ3v) is 3.89. The van der Waals surface area contributed by atoms with Crippen molar-refractivity contribution in [2.45, 2.75) is 26.1 Å². The van der Waals surface area contributed by atoms with Crippen LogP contribution in [0, 0.1) is 0 Å². The number of rotatable bonds is 8. The summed E-state index contributed by atoms with van der Waals surface area (Å²) in [5.41, 5.74) is 2.13. The molecule has 3 aromatic rings. The lowest BCUT2D eigenvalue weighted by Gasteiger charge is -2.12. The van der Waals surface area contributed by atoms with Crippen LogP contribution in [0.5, 0.6) is 5.75 Å². The molecule has 0 atom stereocenters. The molecule has 0 saturated carbocycles. The lowest BCUT2D eigenvalue weighted by molar-refractivity contribution is -0.121. The van der Waals surface area contributed by atoms with E-state index in [0.717, 1.165) is 16.9 Å². The molecule has 0 aliphatic carbocycles. The number of ether oxygens (including phenoxy) is 1. The van der Waals surface area contributed by atoms with Gasteiger partial charge in [-0.1, -0.05) is 42.5 Å². The van der Waals surface area contributed by atoms with Gasteiger partial charge in [0.2, 0.25) is 5.91 Å². The number of nitrogens with one attached hydrogen (secondary N) is 1. The molecule has 3 rings (SSSR count). The van der Waals surface area contributed by atoms with Gasteiger partial charge in [0.25, 0.3) is 0 Å². The Morgan fingerprint density at radius 1 is 1.04 bits per heavy atom. The Morgan fingerprint density at radius 2 is 1.80 bits per heavy atom. The number of amides is 1. The van der Waals surface area contributed by atoms with Gasteiger partial charge in [-0.15, -0.1) is 0 Å². The van der Waals surface area contributed by atoms with Crippen molar-refractivity contribution in [2.75, 3.05) is 0 Å². The minimum absolute atomic E-state index is 0.0208. The van der Waals surface area contributed by atoms with Crippen LogP contribution in [0.1, 0.15) is 17.5 Å². The van der Waals surface area contributed by atoms with Crippen molar-refractivity contribution in [3.8, 4) is 5.75 Å². The SMILES string of the molecule is O=C(CCn1ccnc1)NCc1ccccc1COc1ccccc1. The van der Waals surface area contributed by atoms with Gasteiger partial charge in [0.15, 0.2) is 0 Å². The molecule has 0 aliphatic rings. The third-order valence-electron chi connectivity index (χ3n) is 3.89. The van der Waals surface area contributed by atoms with E-state index in [1.807, 2.05) is 65.4 Å². The molecule has 0 fully saturated rings. The summed E-state index contributed by atoms with van der Waals surface area (Å²) in [7, 11) is 0. The summed E-state index contributed by atoms with van der Waals surface area (Å²) in [6.45, 7) is 1.60. The fourth-order valence-corrected chi connectivity index (χ4v) is 2.48. The molecule has 2 aromatic carbocycles. The van der Waals surface area contributed by atoms with Gasteiger partial charge >= 0.3 is 0 Å². The molecule has 0 aliphatic heterocycles. The van der Waals surface area contributed by atoms with E-state index in [1.54, 1.807) is 12.5 Å². The van der Waals surface area contributed by atoms with E-state index in [1.165, 1.54) is 0 Å². The first kappa shape index (κ1) is 16.8. The molecule has 0 unspecified atom stereocenters. The Hall–Kier alpha value is -3.08. The van der Waals surface area contributed by atoms with Gasteiger partial charge in [-0.25, -0.2) is 4.98 Å². The van der Waals surface area contributed by atoms with Crippen LogP contribution in [0.4, 0.5) is 0 Å². The van der Waals surface area contributed by atoms with E-state index >= 15 is 0 Å². The van der Waals surface area contributed by atoms with E-state index in [9.17, 15) is 4.79 Å². The molecule has 1 amide bonds. The highest BCUT2D eigenvalue weighted by Gasteiger charge is 2.06. The zero-order chi connectivity index (χ0) is 17.3. The van der Waals surface area contributed by atoms with Crippen LogP contribution in [0.2, 0.25) is 0 Å². The second-order valence-corrected chi connectivity index (χ2v) is 5.70. The molecule has 128 valence electrons. The molecule has 1 heterocycles. The number of carbonyl (C=O) groups excluding carboxylic acids is 1. The lowest BCUT2D eigenvalue weighted by atomic mass is 10.1. The van der Waals surface area contributed by atoms with Crippen LogP contribution in [0.25, 0.3) is 0 Å². The maximum Gasteiger partial charge on any atom is 0.222 e. The zero-order valence-corrected chi connectivity index (χ0v) is 14.0. The van der Waals surface area contributed by atoms with Crippen molar-refractivity contribution in [1.29, 1.82) is 0 Å². The number of nitrogens with zero attached hydrogens (tertiary/aromatic N) is 2. The number of aryl methyl sites for hydroxylation is 1. The molecule has 0 spiro atoms. The topological polar surface area (TPSA) is 56.2 Å². The molecule has 0 saturated heterocycles. The molecular weight excluding hydrogens is 314 g/mol. The van der Waals surface area contributed by atoms with Gasteiger partial charge in [0.1, 0.15) is 12.4 Å². The van der Waals surface area contributed by atoms with Crippen LogP contribution in [-0.4, -0.2) is 15.5 Å². The first-order valence-corrected chi connectivity index (χ1v) is 8.28. The summed E-state index contributed by atoms with van der Waals surface area (Å²) in [6, 6.07) is 17.7. The van der Waals surface area contributed by atoms with Gasteiger partial charge in [-0.2, -0.15) is 0 Å². The van der Waals surface area contributed by atoms with E-state index in [0.29, 0.717) is 26.1 Å². The van der Waals surface area contributed by atoms with Gasteiger partial charge in [0, 0.05) is 31.9 Å². The van der Waals surface area contributed by atoms with Crippen LogP contribution < -0.4 is 10.1 Å². The number of hydrogen-bond acceptors (Lipinski definition) is 3. The van der Waals surface area contributed by atoms with Crippen molar-refractivity contribution in [2.24, 2.45) is 0 Å². The second kappa shape index (κ2) is 8.68. The molecular formula is C20H21N3O2. The van der Waals surface area contributed by atoms with E-state index in [2.05, 4.69) is 10.3 Å². The standard InChI is InChI=1S/C20H21N3O2/c24-20(10-12-23-13-11-21-16-23)22-14-17-6-4-5-7-18(17)15-25-19-8-2-1-3-9-19/h1-9,11,13,16H,10,12,14-15H2,(H,22,24). The van der Waals surface area contributed by atoms with Gasteiger partial charge in [-0.05, 0) is 23.3 Å². The van der Waals surface area contributed by atoms with Gasteiger partial charge < -0.3 is 14.6 Å². The fourth-order valence-electron chi connectivity index (χ4n) is 2.48. The highest BCUT2D eigenvalue weighted by atomic mass is 16.5. The van der Waals surface area contributed by atoms with Crippen molar-refractivity contribution in [1.82, 2.24) is 14.9 Å². The van der Waals surface area contributed by atoms with E-state index in [-0.39, 0.29) is 5.91 Å². The number of carbonyl (C=O) groups is 1. The zero-order valence-electron chi connectivity index (χ0n) is 14.0. The number of imidazole rings is 1. The summed E-state index contributed by atoms with van der Waals surface area (Å²) in [5, 5.41) is 2.97. The fraction of sp³-hybridized carbons (Fsp3) is 0.200. The molecule has 5 heteroatoms. The monoisotopic (exact) mass is 335 g/mol. The first-order valence-electron chi connectivity index (χ1n) is 8.28. The van der Waals surface area contributed by atoms with Crippen molar-refractivity contribution >= 4 is 5.91 Å². The predicted octanol–water partition coefficient (Wildman–Crippen LogP) is 3.17. The molecule has 1 aromatic heterocycles. The summed E-state index contributed by atoms with van der Waals surface area (Å²) >= 11 is 0. The maximum absolute atomic E-state index is 12.0. The Morgan fingerprint density at radius 3 is 2.56 bits per heavy atom. The Balaban J connectivity index is 1.51.